The van der Waals surface area contributed by atoms with Gasteiger partial charge >= 0.3 is 0 Å². The van der Waals surface area contributed by atoms with Gasteiger partial charge in [0.05, 0.1) is 0 Å². The first-order valence-electron chi connectivity index (χ1n) is 5.55. The smallest absolute Gasteiger partial charge is 0.249 e. The molecule has 0 fully saturated rings. The van der Waals surface area contributed by atoms with Crippen LogP contribution in [-0.2, 0) is 4.79 Å². The van der Waals surface area contributed by atoms with Crippen LogP contribution in [0.5, 0.6) is 0 Å². The summed E-state index contributed by atoms with van der Waals surface area (Å²) >= 11 is 0. The van der Waals surface area contributed by atoms with Gasteiger partial charge in [-0.15, -0.1) is 0 Å². The van der Waals surface area contributed by atoms with Crippen molar-refractivity contribution < 1.29 is 10.0 Å². The van der Waals surface area contributed by atoms with Crippen molar-refractivity contribution in [2.24, 2.45) is 5.41 Å². The predicted molar refractivity (Wildman–Crippen MR) is 57.1 cm³/mol. The number of hydrogen-bond acceptors (Lipinski definition) is 2. The molecule has 0 aliphatic carbocycles. The number of nitrogens with one attached hydrogen (secondary N) is 1. The van der Waals surface area contributed by atoms with E-state index in [1.165, 1.54) is 19.3 Å². The van der Waals surface area contributed by atoms with Crippen molar-refractivity contribution in [1.29, 1.82) is 0 Å². The molecule has 0 heterocycles. The van der Waals surface area contributed by atoms with Crippen molar-refractivity contribution in [3.05, 3.63) is 0 Å². The van der Waals surface area contributed by atoms with Crippen molar-refractivity contribution >= 4 is 5.91 Å². The van der Waals surface area contributed by atoms with Crippen LogP contribution < -0.4 is 5.48 Å². The average molecular weight is 201 g/mol. The lowest BCUT2D eigenvalue weighted by atomic mass is 9.81. The predicted octanol–water partition coefficient (Wildman–Crippen LogP) is 2.88. The van der Waals surface area contributed by atoms with E-state index in [4.69, 9.17) is 5.21 Å². The first kappa shape index (κ1) is 13.4. The maximum Gasteiger partial charge on any atom is 0.249 e. The van der Waals surface area contributed by atoms with Crippen LogP contribution >= 0.6 is 0 Å². The summed E-state index contributed by atoms with van der Waals surface area (Å²) in [5.74, 6) is -0.253. The standard InChI is InChI=1S/C11H23NO2/c1-4-6-7-8-9-11(3,5-2)10(13)12-14/h14H,4-9H2,1-3H3,(H,12,13). The zero-order valence-corrected chi connectivity index (χ0v) is 9.60. The minimum atomic E-state index is -0.400. The Balaban J connectivity index is 3.93. The number of carbonyl (C=O) groups excluding carboxylic acids is 1. The molecule has 0 saturated heterocycles. The third kappa shape index (κ3) is 4.09. The largest absolute Gasteiger partial charge is 0.289 e. The van der Waals surface area contributed by atoms with Gasteiger partial charge in [-0.05, 0) is 12.8 Å². The van der Waals surface area contributed by atoms with Gasteiger partial charge in [-0.3, -0.25) is 10.0 Å². The van der Waals surface area contributed by atoms with Gasteiger partial charge in [-0.1, -0.05) is 46.5 Å². The van der Waals surface area contributed by atoms with E-state index in [0.717, 1.165) is 19.3 Å². The van der Waals surface area contributed by atoms with Gasteiger partial charge in [0.2, 0.25) is 5.91 Å². The molecule has 2 N–H and O–H groups in total. The van der Waals surface area contributed by atoms with E-state index in [-0.39, 0.29) is 5.91 Å². The van der Waals surface area contributed by atoms with Gasteiger partial charge in [0.1, 0.15) is 0 Å². The third-order valence-electron chi connectivity index (χ3n) is 3.01. The summed E-state index contributed by atoms with van der Waals surface area (Å²) in [6, 6.07) is 0. The van der Waals surface area contributed by atoms with Crippen LogP contribution in [0.1, 0.15) is 59.3 Å². The van der Waals surface area contributed by atoms with E-state index in [2.05, 4.69) is 6.92 Å². The molecule has 0 aliphatic heterocycles. The number of hydroxylamine groups is 1. The van der Waals surface area contributed by atoms with Crippen molar-refractivity contribution in [3.63, 3.8) is 0 Å². The minimum absolute atomic E-state index is 0.253. The fourth-order valence-corrected chi connectivity index (χ4v) is 1.53. The molecular formula is C11H23NO2. The number of rotatable bonds is 7. The van der Waals surface area contributed by atoms with Crippen molar-refractivity contribution in [2.45, 2.75) is 59.3 Å². The number of carbonyl (C=O) groups is 1. The molecule has 0 aromatic heterocycles. The summed E-state index contributed by atoms with van der Waals surface area (Å²) in [5.41, 5.74) is 1.36. The minimum Gasteiger partial charge on any atom is -0.289 e. The average Bonchev–Trinajstić information content (AvgIpc) is 2.22. The Hall–Kier alpha value is -0.570. The summed E-state index contributed by atoms with van der Waals surface area (Å²) < 4.78 is 0. The van der Waals surface area contributed by atoms with Crippen LogP contribution in [0.4, 0.5) is 0 Å². The highest BCUT2D eigenvalue weighted by atomic mass is 16.5. The molecule has 1 atom stereocenters. The quantitative estimate of drug-likeness (QED) is 0.378. The summed E-state index contributed by atoms with van der Waals surface area (Å²) in [6.45, 7) is 6.05. The maximum absolute atomic E-state index is 11.4. The molecule has 3 heteroatoms. The molecule has 3 nitrogen and oxygen atoms in total. The second-order valence-electron chi connectivity index (χ2n) is 4.17. The van der Waals surface area contributed by atoms with Crippen LogP contribution in [0.3, 0.4) is 0 Å². The van der Waals surface area contributed by atoms with E-state index in [1.807, 2.05) is 13.8 Å². The third-order valence-corrected chi connectivity index (χ3v) is 3.01. The Morgan fingerprint density at radius 3 is 2.36 bits per heavy atom. The highest BCUT2D eigenvalue weighted by molar-refractivity contribution is 5.80. The fraction of sp³-hybridized carbons (Fsp3) is 0.909. The van der Waals surface area contributed by atoms with Gasteiger partial charge in [-0.25, -0.2) is 5.48 Å². The van der Waals surface area contributed by atoms with Gasteiger partial charge in [0, 0.05) is 5.41 Å². The monoisotopic (exact) mass is 201 g/mol. The number of amides is 1. The number of unbranched alkanes of at least 4 members (excludes halogenated alkanes) is 3. The van der Waals surface area contributed by atoms with Crippen molar-refractivity contribution in [2.75, 3.05) is 0 Å². The normalized spacial score (nSPS) is 14.9. The highest BCUT2D eigenvalue weighted by Crippen LogP contribution is 2.28. The molecule has 0 rings (SSSR count). The summed E-state index contributed by atoms with van der Waals surface area (Å²) in [4.78, 5) is 11.4. The Morgan fingerprint density at radius 2 is 1.93 bits per heavy atom. The van der Waals surface area contributed by atoms with Crippen LogP contribution in [-0.4, -0.2) is 11.1 Å². The topological polar surface area (TPSA) is 49.3 Å². The molecular weight excluding hydrogens is 178 g/mol. The molecule has 1 unspecified atom stereocenters. The van der Waals surface area contributed by atoms with E-state index < -0.39 is 5.41 Å². The molecule has 0 bridgehead atoms. The van der Waals surface area contributed by atoms with E-state index in [0.29, 0.717) is 0 Å². The first-order valence-corrected chi connectivity index (χ1v) is 5.55. The van der Waals surface area contributed by atoms with Gasteiger partial charge in [-0.2, -0.15) is 0 Å². The second-order valence-corrected chi connectivity index (χ2v) is 4.17. The van der Waals surface area contributed by atoms with Gasteiger partial charge in [0.25, 0.3) is 0 Å². The maximum atomic E-state index is 11.4. The Labute approximate surface area is 86.8 Å². The molecule has 84 valence electrons. The Bertz CT molecular complexity index is 171. The lowest BCUT2D eigenvalue weighted by Gasteiger charge is -2.25. The van der Waals surface area contributed by atoms with Gasteiger partial charge in [0.15, 0.2) is 0 Å². The lowest BCUT2D eigenvalue weighted by molar-refractivity contribution is -0.139. The summed E-state index contributed by atoms with van der Waals surface area (Å²) in [6.07, 6.45) is 6.29. The summed E-state index contributed by atoms with van der Waals surface area (Å²) in [5, 5.41) is 8.60. The molecule has 0 spiro atoms. The molecule has 0 aliphatic rings. The molecule has 14 heavy (non-hydrogen) atoms. The van der Waals surface area contributed by atoms with Crippen molar-refractivity contribution in [1.82, 2.24) is 5.48 Å². The van der Waals surface area contributed by atoms with Crippen LogP contribution in [0, 0.1) is 5.41 Å². The lowest BCUT2D eigenvalue weighted by Crippen LogP contribution is -2.36. The number of hydrogen-bond donors (Lipinski definition) is 2. The highest BCUT2D eigenvalue weighted by Gasteiger charge is 2.30. The zero-order valence-electron chi connectivity index (χ0n) is 9.60. The van der Waals surface area contributed by atoms with Crippen LogP contribution in [0.2, 0.25) is 0 Å². The molecule has 1 amide bonds. The summed E-state index contributed by atoms with van der Waals surface area (Å²) in [7, 11) is 0. The van der Waals surface area contributed by atoms with Gasteiger partial charge < -0.3 is 0 Å². The first-order chi connectivity index (χ1) is 6.60. The molecule has 0 aromatic rings. The molecule has 0 saturated carbocycles. The molecule has 0 aromatic carbocycles. The SMILES string of the molecule is CCCCCCC(C)(CC)C(=O)NO. The zero-order chi connectivity index (χ0) is 11.0. The van der Waals surface area contributed by atoms with E-state index in [1.54, 1.807) is 5.48 Å². The van der Waals surface area contributed by atoms with Crippen LogP contribution in [0.15, 0.2) is 0 Å². The fourth-order valence-electron chi connectivity index (χ4n) is 1.53. The van der Waals surface area contributed by atoms with Crippen molar-refractivity contribution in [3.8, 4) is 0 Å². The Morgan fingerprint density at radius 1 is 1.29 bits per heavy atom. The van der Waals surface area contributed by atoms with E-state index in [9.17, 15) is 4.79 Å². The molecule has 0 radical (unpaired) electrons. The second kappa shape index (κ2) is 6.82. The van der Waals surface area contributed by atoms with E-state index >= 15 is 0 Å². The van der Waals surface area contributed by atoms with Crippen LogP contribution in [0.25, 0.3) is 0 Å². The Kier molecular flexibility index (Phi) is 6.54.